The van der Waals surface area contributed by atoms with Gasteiger partial charge in [-0.1, -0.05) is 18.7 Å². The van der Waals surface area contributed by atoms with E-state index in [2.05, 4.69) is 9.97 Å². The standard InChI is InChI=1S/C13H19N3O2S/c1-3-10-9(2)14-13(15-12(10)18)19-8-11(17)16-6-4-5-7-16/h3-8H2,1-2H3,(H,14,15,18). The molecule has 0 aliphatic carbocycles. The molecule has 1 aliphatic rings. The number of carbonyl (C=O) groups excluding carboxylic acids is 1. The van der Waals surface area contributed by atoms with Crippen LogP contribution in [0.2, 0.25) is 0 Å². The summed E-state index contributed by atoms with van der Waals surface area (Å²) in [4.78, 5) is 32.6. The van der Waals surface area contributed by atoms with E-state index < -0.39 is 0 Å². The fourth-order valence-corrected chi connectivity index (χ4v) is 3.07. The van der Waals surface area contributed by atoms with Crippen LogP contribution in [0.25, 0.3) is 0 Å². The number of carbonyl (C=O) groups is 1. The summed E-state index contributed by atoms with van der Waals surface area (Å²) in [5, 5.41) is 0.534. The van der Waals surface area contributed by atoms with Crippen LogP contribution in [0.4, 0.5) is 0 Å². The zero-order valence-electron chi connectivity index (χ0n) is 11.4. The molecule has 104 valence electrons. The van der Waals surface area contributed by atoms with Crippen LogP contribution in [0.15, 0.2) is 9.95 Å². The third-order valence-electron chi connectivity index (χ3n) is 3.35. The number of aromatic nitrogens is 2. The minimum atomic E-state index is -0.0916. The van der Waals surface area contributed by atoms with Crippen LogP contribution in [0, 0.1) is 6.92 Å². The summed E-state index contributed by atoms with van der Waals surface area (Å²) in [6.45, 7) is 5.48. The van der Waals surface area contributed by atoms with Crippen molar-refractivity contribution in [2.75, 3.05) is 18.8 Å². The molecule has 0 aromatic carbocycles. The Morgan fingerprint density at radius 1 is 1.42 bits per heavy atom. The molecule has 19 heavy (non-hydrogen) atoms. The number of aromatic amines is 1. The number of nitrogens with zero attached hydrogens (tertiary/aromatic N) is 2. The average Bonchev–Trinajstić information content (AvgIpc) is 2.89. The van der Waals surface area contributed by atoms with E-state index in [1.54, 1.807) is 0 Å². The van der Waals surface area contributed by atoms with Gasteiger partial charge in [-0.3, -0.25) is 9.59 Å². The summed E-state index contributed by atoms with van der Waals surface area (Å²) in [5.74, 6) is 0.468. The Morgan fingerprint density at radius 3 is 2.68 bits per heavy atom. The van der Waals surface area contributed by atoms with Gasteiger partial charge in [0.25, 0.3) is 5.56 Å². The molecule has 1 aromatic heterocycles. The number of nitrogens with one attached hydrogen (secondary N) is 1. The number of H-pyrrole nitrogens is 1. The van der Waals surface area contributed by atoms with Crippen molar-refractivity contribution in [2.24, 2.45) is 0 Å². The zero-order valence-corrected chi connectivity index (χ0v) is 12.2. The molecule has 0 atom stereocenters. The smallest absolute Gasteiger partial charge is 0.254 e. The lowest BCUT2D eigenvalue weighted by molar-refractivity contribution is -0.127. The Hall–Kier alpha value is -1.30. The fraction of sp³-hybridized carbons (Fsp3) is 0.615. The minimum Gasteiger partial charge on any atom is -0.342 e. The first-order chi connectivity index (χ1) is 9.11. The van der Waals surface area contributed by atoms with Crippen molar-refractivity contribution < 1.29 is 4.79 Å². The molecule has 0 unspecified atom stereocenters. The van der Waals surface area contributed by atoms with E-state index >= 15 is 0 Å². The molecule has 6 heteroatoms. The Bertz CT molecular complexity index is 521. The fourth-order valence-electron chi connectivity index (χ4n) is 2.26. The molecule has 2 rings (SSSR count). The van der Waals surface area contributed by atoms with Gasteiger partial charge in [0, 0.05) is 24.3 Å². The molecule has 0 spiro atoms. The largest absolute Gasteiger partial charge is 0.342 e. The second kappa shape index (κ2) is 6.23. The van der Waals surface area contributed by atoms with Gasteiger partial charge in [-0.15, -0.1) is 0 Å². The molecule has 0 saturated carbocycles. The van der Waals surface area contributed by atoms with Crippen molar-refractivity contribution in [3.63, 3.8) is 0 Å². The molecular formula is C13H19N3O2S. The maximum Gasteiger partial charge on any atom is 0.254 e. The van der Waals surface area contributed by atoms with E-state index in [0.717, 1.165) is 37.2 Å². The number of amides is 1. The Kier molecular flexibility index (Phi) is 4.63. The minimum absolute atomic E-state index is 0.0916. The second-order valence-electron chi connectivity index (χ2n) is 4.67. The van der Waals surface area contributed by atoms with Gasteiger partial charge in [0.2, 0.25) is 5.91 Å². The van der Waals surface area contributed by atoms with Gasteiger partial charge in [-0.25, -0.2) is 4.98 Å². The van der Waals surface area contributed by atoms with E-state index in [1.165, 1.54) is 11.8 Å². The van der Waals surface area contributed by atoms with Crippen molar-refractivity contribution in [3.05, 3.63) is 21.6 Å². The molecule has 0 bridgehead atoms. The number of rotatable bonds is 4. The highest BCUT2D eigenvalue weighted by atomic mass is 32.2. The third-order valence-corrected chi connectivity index (χ3v) is 4.20. The van der Waals surface area contributed by atoms with Gasteiger partial charge < -0.3 is 9.88 Å². The van der Waals surface area contributed by atoms with Crippen LogP contribution < -0.4 is 5.56 Å². The monoisotopic (exact) mass is 281 g/mol. The molecular weight excluding hydrogens is 262 g/mol. The Morgan fingerprint density at radius 2 is 2.11 bits per heavy atom. The lowest BCUT2D eigenvalue weighted by atomic mass is 10.2. The van der Waals surface area contributed by atoms with Crippen molar-refractivity contribution in [2.45, 2.75) is 38.3 Å². The maximum absolute atomic E-state index is 11.9. The van der Waals surface area contributed by atoms with E-state index in [0.29, 0.717) is 17.3 Å². The second-order valence-corrected chi connectivity index (χ2v) is 5.63. The molecule has 1 aromatic rings. The van der Waals surface area contributed by atoms with Crippen molar-refractivity contribution in [3.8, 4) is 0 Å². The molecule has 1 amide bonds. The lowest BCUT2D eigenvalue weighted by Gasteiger charge is -2.14. The number of likely N-dealkylation sites (tertiary alicyclic amines) is 1. The zero-order chi connectivity index (χ0) is 13.8. The van der Waals surface area contributed by atoms with Crippen LogP contribution in [0.3, 0.4) is 0 Å². The normalized spacial score (nSPS) is 14.9. The van der Waals surface area contributed by atoms with Crippen molar-refractivity contribution >= 4 is 17.7 Å². The van der Waals surface area contributed by atoms with Gasteiger partial charge in [-0.05, 0) is 26.2 Å². The summed E-state index contributed by atoms with van der Waals surface area (Å²) in [7, 11) is 0. The summed E-state index contributed by atoms with van der Waals surface area (Å²) >= 11 is 1.31. The quantitative estimate of drug-likeness (QED) is 0.668. The Balaban J connectivity index is 2.00. The first kappa shape index (κ1) is 14.1. The number of aryl methyl sites for hydroxylation is 1. The molecule has 5 nitrogen and oxygen atoms in total. The van der Waals surface area contributed by atoms with Crippen molar-refractivity contribution in [1.82, 2.24) is 14.9 Å². The molecule has 1 aliphatic heterocycles. The highest BCUT2D eigenvalue weighted by molar-refractivity contribution is 7.99. The van der Waals surface area contributed by atoms with E-state index in [9.17, 15) is 9.59 Å². The Labute approximate surface area is 116 Å². The summed E-state index contributed by atoms with van der Waals surface area (Å²) < 4.78 is 0. The van der Waals surface area contributed by atoms with Gasteiger partial charge in [0.1, 0.15) is 0 Å². The number of hydrogen-bond acceptors (Lipinski definition) is 4. The lowest BCUT2D eigenvalue weighted by Crippen LogP contribution is -2.29. The highest BCUT2D eigenvalue weighted by Gasteiger charge is 2.18. The third kappa shape index (κ3) is 3.37. The maximum atomic E-state index is 11.9. The molecule has 1 fully saturated rings. The molecule has 0 radical (unpaired) electrons. The average molecular weight is 281 g/mol. The van der Waals surface area contributed by atoms with Crippen LogP contribution in [0.1, 0.15) is 31.0 Å². The van der Waals surface area contributed by atoms with E-state index in [1.807, 2.05) is 18.7 Å². The number of hydrogen-bond donors (Lipinski definition) is 1. The molecule has 1 saturated heterocycles. The van der Waals surface area contributed by atoms with Crippen LogP contribution in [-0.4, -0.2) is 39.6 Å². The predicted octanol–water partition coefficient (Wildman–Crippen LogP) is 1.36. The van der Waals surface area contributed by atoms with Gasteiger partial charge in [0.05, 0.1) is 5.75 Å². The van der Waals surface area contributed by atoms with Crippen LogP contribution in [-0.2, 0) is 11.2 Å². The molecule has 1 N–H and O–H groups in total. The first-order valence-corrected chi connectivity index (χ1v) is 7.60. The van der Waals surface area contributed by atoms with E-state index in [-0.39, 0.29) is 11.5 Å². The van der Waals surface area contributed by atoms with Crippen LogP contribution >= 0.6 is 11.8 Å². The number of thioether (sulfide) groups is 1. The highest BCUT2D eigenvalue weighted by Crippen LogP contribution is 2.15. The summed E-state index contributed by atoms with van der Waals surface area (Å²) in [5.41, 5.74) is 1.38. The van der Waals surface area contributed by atoms with Crippen molar-refractivity contribution in [1.29, 1.82) is 0 Å². The SMILES string of the molecule is CCc1c(C)nc(SCC(=O)N2CCCC2)[nH]c1=O. The van der Waals surface area contributed by atoms with Crippen LogP contribution in [0.5, 0.6) is 0 Å². The van der Waals surface area contributed by atoms with Gasteiger partial charge in [-0.2, -0.15) is 0 Å². The summed E-state index contributed by atoms with van der Waals surface area (Å²) in [6, 6.07) is 0. The van der Waals surface area contributed by atoms with E-state index in [4.69, 9.17) is 0 Å². The van der Waals surface area contributed by atoms with Gasteiger partial charge >= 0.3 is 0 Å². The first-order valence-electron chi connectivity index (χ1n) is 6.62. The summed E-state index contributed by atoms with van der Waals surface area (Å²) in [6.07, 6.45) is 2.86. The van der Waals surface area contributed by atoms with Gasteiger partial charge in [0.15, 0.2) is 5.16 Å². The topological polar surface area (TPSA) is 66.1 Å². The predicted molar refractivity (Wildman–Crippen MR) is 75.5 cm³/mol. The molecule has 2 heterocycles.